The van der Waals surface area contributed by atoms with Crippen LogP contribution >= 0.6 is 0 Å². The van der Waals surface area contributed by atoms with Crippen molar-refractivity contribution in [3.8, 4) is 5.75 Å². The lowest BCUT2D eigenvalue weighted by Gasteiger charge is -2.13. The molecular weight excluding hydrogens is 316 g/mol. The third-order valence-corrected chi connectivity index (χ3v) is 3.88. The number of hydrogen-bond acceptors (Lipinski definition) is 6. The summed E-state index contributed by atoms with van der Waals surface area (Å²) in [7, 11) is 0. The van der Waals surface area contributed by atoms with Gasteiger partial charge in [-0.3, -0.25) is 4.79 Å². The quantitative estimate of drug-likeness (QED) is 0.337. The number of nitrogens with one attached hydrogen (secondary N) is 1. The van der Waals surface area contributed by atoms with Gasteiger partial charge in [-0.05, 0) is 37.3 Å². The first-order chi connectivity index (χ1) is 12.1. The summed E-state index contributed by atoms with van der Waals surface area (Å²) in [5, 5.41) is 13.7. The number of anilines is 2. The number of fused-ring (bicyclic) bond motifs is 2. The van der Waals surface area contributed by atoms with Gasteiger partial charge in [-0.1, -0.05) is 18.2 Å². The first kappa shape index (κ1) is 15.0. The fourth-order valence-corrected chi connectivity index (χ4v) is 2.75. The fourth-order valence-electron chi connectivity index (χ4n) is 2.75. The number of benzene rings is 2. The monoisotopic (exact) mass is 330 g/mol. The molecule has 2 N–H and O–H groups in total. The van der Waals surface area contributed by atoms with Gasteiger partial charge in [0.05, 0.1) is 16.8 Å². The van der Waals surface area contributed by atoms with Crippen LogP contribution < -0.4 is 5.32 Å². The molecule has 2 aromatic heterocycles. The normalized spacial score (nSPS) is 10.9. The maximum atomic E-state index is 12.1. The van der Waals surface area contributed by atoms with Gasteiger partial charge in [0, 0.05) is 11.9 Å². The molecule has 25 heavy (non-hydrogen) atoms. The molecule has 0 unspecified atom stereocenters. The minimum Gasteiger partial charge on any atom is -0.505 e. The molecule has 0 saturated heterocycles. The highest BCUT2D eigenvalue weighted by atomic mass is 16.3. The topological polar surface area (TPSA) is 88.0 Å². The number of hydrogen-bond donors (Lipinski definition) is 2. The number of aromatic nitrogens is 3. The highest BCUT2D eigenvalue weighted by Crippen LogP contribution is 2.36. The van der Waals surface area contributed by atoms with Crippen molar-refractivity contribution in [3.63, 3.8) is 0 Å². The molecule has 0 spiro atoms. The second-order valence-corrected chi connectivity index (χ2v) is 5.63. The lowest BCUT2D eigenvalue weighted by atomic mass is 10.1. The first-order valence-corrected chi connectivity index (χ1v) is 7.75. The van der Waals surface area contributed by atoms with Crippen LogP contribution in [0.5, 0.6) is 5.75 Å². The highest BCUT2D eigenvalue weighted by Gasteiger charge is 2.19. The molecule has 6 heteroatoms. The number of para-hydroxylation sites is 1. The summed E-state index contributed by atoms with van der Waals surface area (Å²) in [4.78, 5) is 25.3. The van der Waals surface area contributed by atoms with E-state index < -0.39 is 0 Å². The standard InChI is InChI=1S/C19H14N4O2/c1-11(24)16-17-14(23-19-13(22-17)8-5-9-20-19)10-15(18(16)25)21-12-6-3-2-4-7-12/h2-10,21,25H,1H3. The largest absolute Gasteiger partial charge is 0.505 e. The van der Waals surface area contributed by atoms with E-state index in [0.717, 1.165) is 5.69 Å². The number of carbonyl (C=O) groups excluding carboxylic acids is 1. The maximum Gasteiger partial charge on any atom is 0.178 e. The van der Waals surface area contributed by atoms with E-state index >= 15 is 0 Å². The number of nitrogens with zero attached hydrogens (tertiary/aromatic N) is 3. The van der Waals surface area contributed by atoms with Gasteiger partial charge in [-0.2, -0.15) is 0 Å². The summed E-state index contributed by atoms with van der Waals surface area (Å²) in [6, 6.07) is 14.6. The van der Waals surface area contributed by atoms with Gasteiger partial charge < -0.3 is 10.4 Å². The second-order valence-electron chi connectivity index (χ2n) is 5.63. The predicted octanol–water partition coefficient (Wildman–Crippen LogP) is 3.83. The average molecular weight is 330 g/mol. The van der Waals surface area contributed by atoms with E-state index in [9.17, 15) is 9.90 Å². The van der Waals surface area contributed by atoms with Crippen molar-refractivity contribution < 1.29 is 9.90 Å². The second kappa shape index (κ2) is 5.83. The van der Waals surface area contributed by atoms with E-state index in [0.29, 0.717) is 27.9 Å². The molecule has 2 aromatic carbocycles. The van der Waals surface area contributed by atoms with Crippen LogP contribution in [0.3, 0.4) is 0 Å². The van der Waals surface area contributed by atoms with Crippen molar-refractivity contribution in [2.45, 2.75) is 6.92 Å². The molecule has 0 fully saturated rings. The number of aromatic hydroxyl groups is 1. The minimum atomic E-state index is -0.281. The van der Waals surface area contributed by atoms with Gasteiger partial charge >= 0.3 is 0 Å². The average Bonchev–Trinajstić information content (AvgIpc) is 2.61. The van der Waals surface area contributed by atoms with Crippen LogP contribution in [-0.4, -0.2) is 25.8 Å². The molecule has 0 aliphatic carbocycles. The fraction of sp³-hybridized carbons (Fsp3) is 0.0526. The first-order valence-electron chi connectivity index (χ1n) is 7.75. The zero-order valence-electron chi connectivity index (χ0n) is 13.4. The molecule has 2 heterocycles. The van der Waals surface area contributed by atoms with E-state index in [1.54, 1.807) is 24.4 Å². The summed E-state index contributed by atoms with van der Waals surface area (Å²) in [6.07, 6.45) is 1.64. The molecule has 4 rings (SSSR count). The maximum absolute atomic E-state index is 12.1. The summed E-state index contributed by atoms with van der Waals surface area (Å²) < 4.78 is 0. The van der Waals surface area contributed by atoms with Crippen LogP contribution in [0.25, 0.3) is 22.2 Å². The van der Waals surface area contributed by atoms with E-state index in [4.69, 9.17) is 0 Å². The number of pyridine rings is 1. The van der Waals surface area contributed by atoms with Gasteiger partial charge in [0.1, 0.15) is 11.0 Å². The summed E-state index contributed by atoms with van der Waals surface area (Å²) >= 11 is 0. The lowest BCUT2D eigenvalue weighted by Crippen LogP contribution is -2.02. The van der Waals surface area contributed by atoms with Crippen molar-refractivity contribution in [2.24, 2.45) is 0 Å². The Morgan fingerprint density at radius 1 is 1.04 bits per heavy atom. The van der Waals surface area contributed by atoms with Crippen molar-refractivity contribution >= 4 is 39.4 Å². The molecule has 0 amide bonds. The zero-order valence-corrected chi connectivity index (χ0v) is 13.4. The number of phenols is 1. The Kier molecular flexibility index (Phi) is 3.50. The van der Waals surface area contributed by atoms with Gasteiger partial charge in [0.25, 0.3) is 0 Å². The Morgan fingerprint density at radius 3 is 2.60 bits per heavy atom. The molecule has 0 bridgehead atoms. The van der Waals surface area contributed by atoms with E-state index in [1.807, 2.05) is 30.3 Å². The van der Waals surface area contributed by atoms with E-state index in [-0.39, 0.29) is 17.1 Å². The molecule has 6 nitrogen and oxygen atoms in total. The molecule has 0 aliphatic rings. The molecule has 4 aromatic rings. The SMILES string of the molecule is CC(=O)c1c(O)c(Nc2ccccc2)cc2nc3ncccc3nc12. The van der Waals surface area contributed by atoms with Crippen LogP contribution in [-0.2, 0) is 0 Å². The highest BCUT2D eigenvalue weighted by molar-refractivity contribution is 6.10. The van der Waals surface area contributed by atoms with Gasteiger partial charge in [-0.15, -0.1) is 0 Å². The Labute approximate surface area is 143 Å². The Balaban J connectivity index is 1.99. The Hall–Kier alpha value is -3.54. The van der Waals surface area contributed by atoms with Crippen LogP contribution in [0.1, 0.15) is 17.3 Å². The van der Waals surface area contributed by atoms with E-state index in [2.05, 4.69) is 20.3 Å². The Morgan fingerprint density at radius 2 is 1.84 bits per heavy atom. The van der Waals surface area contributed by atoms with Crippen LogP contribution in [0.4, 0.5) is 11.4 Å². The number of rotatable bonds is 3. The van der Waals surface area contributed by atoms with Crippen LogP contribution in [0.2, 0.25) is 0 Å². The summed E-state index contributed by atoms with van der Waals surface area (Å²) in [6.45, 7) is 1.40. The van der Waals surface area contributed by atoms with Crippen molar-refractivity contribution in [1.82, 2.24) is 15.0 Å². The van der Waals surface area contributed by atoms with Gasteiger partial charge in [-0.25, -0.2) is 15.0 Å². The third kappa shape index (κ3) is 2.63. The third-order valence-electron chi connectivity index (χ3n) is 3.88. The lowest BCUT2D eigenvalue weighted by molar-refractivity contribution is 0.101. The molecule has 0 atom stereocenters. The van der Waals surface area contributed by atoms with Gasteiger partial charge in [0.2, 0.25) is 0 Å². The summed E-state index contributed by atoms with van der Waals surface area (Å²) in [5.74, 6) is -0.418. The van der Waals surface area contributed by atoms with Crippen LogP contribution in [0, 0.1) is 0 Å². The van der Waals surface area contributed by atoms with Crippen molar-refractivity contribution in [1.29, 1.82) is 0 Å². The van der Waals surface area contributed by atoms with E-state index in [1.165, 1.54) is 6.92 Å². The number of Topliss-reactive ketones (excluding diaryl/α,β-unsaturated/α-hetero) is 1. The number of carbonyl (C=O) groups is 1. The molecule has 0 radical (unpaired) electrons. The molecule has 122 valence electrons. The Bertz CT molecular complexity index is 1110. The predicted molar refractivity (Wildman–Crippen MR) is 96.2 cm³/mol. The zero-order chi connectivity index (χ0) is 17.4. The molecule has 0 aliphatic heterocycles. The number of phenolic OH excluding ortho intramolecular Hbond substituents is 1. The summed E-state index contributed by atoms with van der Waals surface area (Å²) in [5.41, 5.74) is 3.25. The van der Waals surface area contributed by atoms with Crippen molar-refractivity contribution in [2.75, 3.05) is 5.32 Å². The molecular formula is C19H14N4O2. The van der Waals surface area contributed by atoms with Gasteiger partial charge in [0.15, 0.2) is 17.2 Å². The molecule has 0 saturated carbocycles. The van der Waals surface area contributed by atoms with Crippen molar-refractivity contribution in [3.05, 3.63) is 60.3 Å². The van der Waals surface area contributed by atoms with Crippen LogP contribution in [0.15, 0.2) is 54.7 Å². The number of ketones is 1. The minimum absolute atomic E-state index is 0.138. The smallest absolute Gasteiger partial charge is 0.178 e.